The molecule has 1 fully saturated rings. The summed E-state index contributed by atoms with van der Waals surface area (Å²) in [5, 5.41) is 34.2. The number of amides is 4. The fourth-order valence-electron chi connectivity index (χ4n) is 5.45. The topological polar surface area (TPSA) is 211 Å². The minimum Gasteiger partial charge on any atom is -0.508 e. The number of likely N-dealkylation sites (tertiary alicyclic amines) is 1. The zero-order valence-electron chi connectivity index (χ0n) is 28.1. The lowest BCUT2D eigenvalue weighted by atomic mass is 10.0. The highest BCUT2D eigenvalue weighted by molar-refractivity contribution is 5.95. The summed E-state index contributed by atoms with van der Waals surface area (Å²) in [6, 6.07) is 21.2. The molecule has 280 valence electrons. The van der Waals surface area contributed by atoms with Crippen LogP contribution in [0.5, 0.6) is 5.75 Å². The van der Waals surface area contributed by atoms with Crippen LogP contribution in [0, 0.1) is 0 Å². The molecule has 4 amide bonds. The summed E-state index contributed by atoms with van der Waals surface area (Å²) in [6.45, 7) is 0.143. The Morgan fingerprint density at radius 2 is 1.29 bits per heavy atom. The Hall–Kier alpha value is -5.48. The van der Waals surface area contributed by atoms with Gasteiger partial charge in [-0.15, -0.1) is 0 Å². The fraction of sp³-hybridized carbons (Fsp3) is 0.361. The maximum Gasteiger partial charge on any atom is 0.490 e. The van der Waals surface area contributed by atoms with E-state index in [4.69, 9.17) is 15.6 Å². The van der Waals surface area contributed by atoms with E-state index in [1.165, 1.54) is 17.0 Å². The normalized spacial score (nSPS) is 15.6. The van der Waals surface area contributed by atoms with Gasteiger partial charge in [0.1, 0.15) is 23.9 Å². The molecule has 8 N–H and O–H groups in total. The Bertz CT molecular complexity index is 1630. The number of aromatic hydroxyl groups is 1. The number of nitrogens with two attached hydrogens (primary N) is 1. The smallest absolute Gasteiger partial charge is 0.490 e. The van der Waals surface area contributed by atoms with Gasteiger partial charge in [0, 0.05) is 25.9 Å². The van der Waals surface area contributed by atoms with Crippen LogP contribution in [0.1, 0.15) is 29.5 Å². The molecular weight excluding hydrogens is 687 g/mol. The lowest BCUT2D eigenvalue weighted by molar-refractivity contribution is -0.192. The van der Waals surface area contributed by atoms with Crippen molar-refractivity contribution < 1.29 is 52.5 Å². The molecule has 0 saturated carbocycles. The molecule has 0 aromatic heterocycles. The highest BCUT2D eigenvalue weighted by Crippen LogP contribution is 2.20. The van der Waals surface area contributed by atoms with E-state index in [1.54, 1.807) is 12.1 Å². The van der Waals surface area contributed by atoms with Crippen molar-refractivity contribution in [2.75, 3.05) is 19.7 Å². The lowest BCUT2D eigenvalue weighted by Crippen LogP contribution is -2.58. The first-order valence-electron chi connectivity index (χ1n) is 16.4. The highest BCUT2D eigenvalue weighted by atomic mass is 19.4. The van der Waals surface area contributed by atoms with Gasteiger partial charge in [0.05, 0.1) is 12.6 Å². The average molecular weight is 730 g/mol. The number of aliphatic carboxylic acids is 1. The van der Waals surface area contributed by atoms with Crippen molar-refractivity contribution in [2.45, 2.75) is 62.4 Å². The van der Waals surface area contributed by atoms with Gasteiger partial charge >= 0.3 is 12.1 Å². The van der Waals surface area contributed by atoms with E-state index in [2.05, 4.69) is 16.0 Å². The van der Waals surface area contributed by atoms with Crippen LogP contribution in [-0.2, 0) is 43.2 Å². The van der Waals surface area contributed by atoms with Crippen LogP contribution in [0.2, 0.25) is 0 Å². The number of rotatable bonds is 14. The van der Waals surface area contributed by atoms with Crippen LogP contribution < -0.4 is 21.7 Å². The molecule has 52 heavy (non-hydrogen) atoms. The monoisotopic (exact) mass is 729 g/mol. The average Bonchev–Trinajstić information content (AvgIpc) is 3.62. The number of halogens is 3. The van der Waals surface area contributed by atoms with E-state index in [0.29, 0.717) is 19.4 Å². The van der Waals surface area contributed by atoms with E-state index in [-0.39, 0.29) is 44.1 Å². The summed E-state index contributed by atoms with van der Waals surface area (Å²) in [6.07, 6.45) is -3.45. The number of alkyl halides is 3. The molecule has 1 aliphatic heterocycles. The summed E-state index contributed by atoms with van der Waals surface area (Å²) >= 11 is 0. The number of aliphatic hydroxyl groups excluding tert-OH is 1. The van der Waals surface area contributed by atoms with Gasteiger partial charge in [-0.3, -0.25) is 19.2 Å². The SMILES string of the molecule is N[C@@H](Cc1ccc(O)cc1)C(=O)N1CCC[C@H]1C(=O)N[C@@H](Cc1ccccc1)C(=O)N[C@@H](Cc1ccccc1)C(=O)NCCO.O=C(O)C(F)(F)F. The molecule has 3 aromatic carbocycles. The van der Waals surface area contributed by atoms with E-state index >= 15 is 0 Å². The Labute approximate surface area is 298 Å². The number of nitrogens with one attached hydrogen (secondary N) is 3. The molecule has 0 spiro atoms. The number of phenolic OH excluding ortho intramolecular Hbond substituents is 1. The summed E-state index contributed by atoms with van der Waals surface area (Å²) in [5.74, 6) is -4.49. The first-order valence-corrected chi connectivity index (χ1v) is 16.4. The lowest BCUT2D eigenvalue weighted by Gasteiger charge is -2.29. The van der Waals surface area contributed by atoms with E-state index in [0.717, 1.165) is 16.7 Å². The van der Waals surface area contributed by atoms with Crippen molar-refractivity contribution in [1.29, 1.82) is 0 Å². The summed E-state index contributed by atoms with van der Waals surface area (Å²) in [4.78, 5) is 64.1. The molecule has 1 saturated heterocycles. The van der Waals surface area contributed by atoms with E-state index in [9.17, 15) is 42.6 Å². The Morgan fingerprint density at radius 1 is 0.788 bits per heavy atom. The van der Waals surface area contributed by atoms with Gasteiger partial charge < -0.3 is 41.9 Å². The number of hydrogen-bond donors (Lipinski definition) is 7. The second-order valence-corrected chi connectivity index (χ2v) is 12.0. The summed E-state index contributed by atoms with van der Waals surface area (Å²) in [7, 11) is 0. The molecule has 0 unspecified atom stereocenters. The molecule has 4 atom stereocenters. The van der Waals surface area contributed by atoms with Crippen LogP contribution in [-0.4, -0.2) is 99.9 Å². The van der Waals surface area contributed by atoms with Crippen molar-refractivity contribution >= 4 is 29.6 Å². The largest absolute Gasteiger partial charge is 0.508 e. The first kappa shape index (κ1) is 40.9. The molecule has 3 aromatic rings. The molecule has 13 nitrogen and oxygen atoms in total. The maximum atomic E-state index is 13.8. The van der Waals surface area contributed by atoms with Crippen LogP contribution in [0.4, 0.5) is 13.2 Å². The van der Waals surface area contributed by atoms with Gasteiger partial charge in [0.2, 0.25) is 23.6 Å². The minimum absolute atomic E-state index is 0.0323. The Kier molecular flexibility index (Phi) is 15.6. The standard InChI is InChI=1S/C34H41N5O6.C2HF3O2/c35-27(20-25-13-15-26(41)16-14-25)34(45)39-18-7-12-30(39)33(44)38-29(22-24-10-5-2-6-11-24)32(43)37-28(31(42)36-17-19-40)21-23-8-3-1-4-9-23;3-2(4,5)1(6)7/h1-6,8-11,13-16,27-30,40-41H,7,12,17-22,35H2,(H,36,42)(H,37,43)(H,38,44);(H,6,7)/t27-,28-,29-,30-;/m0./s1. The summed E-state index contributed by atoms with van der Waals surface area (Å²) in [5.41, 5.74) is 8.67. The van der Waals surface area contributed by atoms with Crippen molar-refractivity contribution in [3.8, 4) is 5.75 Å². The van der Waals surface area contributed by atoms with Crippen molar-refractivity contribution in [3.05, 3.63) is 102 Å². The Morgan fingerprint density at radius 3 is 1.79 bits per heavy atom. The van der Waals surface area contributed by atoms with Crippen LogP contribution in [0.15, 0.2) is 84.9 Å². The molecular formula is C36H42F3N5O8. The van der Waals surface area contributed by atoms with Gasteiger partial charge in [-0.05, 0) is 48.1 Å². The van der Waals surface area contributed by atoms with Gasteiger partial charge in [-0.1, -0.05) is 72.8 Å². The van der Waals surface area contributed by atoms with Crippen LogP contribution >= 0.6 is 0 Å². The van der Waals surface area contributed by atoms with Crippen molar-refractivity contribution in [3.63, 3.8) is 0 Å². The summed E-state index contributed by atoms with van der Waals surface area (Å²) < 4.78 is 31.7. The number of phenols is 1. The van der Waals surface area contributed by atoms with Gasteiger partial charge in [-0.25, -0.2) is 4.79 Å². The predicted molar refractivity (Wildman–Crippen MR) is 182 cm³/mol. The number of carboxylic acids is 1. The minimum atomic E-state index is -5.08. The van der Waals surface area contributed by atoms with Crippen LogP contribution in [0.25, 0.3) is 0 Å². The number of benzene rings is 3. The molecule has 4 rings (SSSR count). The first-order chi connectivity index (χ1) is 24.7. The number of nitrogens with zero attached hydrogens (tertiary/aromatic N) is 1. The van der Waals surface area contributed by atoms with Gasteiger partial charge in [0.25, 0.3) is 0 Å². The zero-order valence-corrected chi connectivity index (χ0v) is 28.1. The second kappa shape index (κ2) is 19.8. The predicted octanol–water partition coefficient (Wildman–Crippen LogP) is 1.45. The number of carbonyl (C=O) groups is 5. The third-order valence-corrected chi connectivity index (χ3v) is 8.03. The third kappa shape index (κ3) is 13.0. The van der Waals surface area contributed by atoms with E-state index in [1.807, 2.05) is 60.7 Å². The van der Waals surface area contributed by atoms with Crippen LogP contribution in [0.3, 0.4) is 0 Å². The van der Waals surface area contributed by atoms with Gasteiger partial charge in [0.15, 0.2) is 0 Å². The molecule has 16 heteroatoms. The molecule has 0 bridgehead atoms. The fourth-order valence-corrected chi connectivity index (χ4v) is 5.45. The molecule has 1 aliphatic rings. The van der Waals surface area contributed by atoms with Crippen molar-refractivity contribution in [2.24, 2.45) is 5.73 Å². The van der Waals surface area contributed by atoms with Crippen molar-refractivity contribution in [1.82, 2.24) is 20.9 Å². The Balaban J connectivity index is 0.000000944. The number of hydrogen-bond acceptors (Lipinski definition) is 8. The van der Waals surface area contributed by atoms with Gasteiger partial charge in [-0.2, -0.15) is 13.2 Å². The molecule has 0 aliphatic carbocycles. The number of carboxylic acid groups (broad SMARTS) is 1. The third-order valence-electron chi connectivity index (χ3n) is 8.03. The maximum absolute atomic E-state index is 13.8. The second-order valence-electron chi connectivity index (χ2n) is 12.0. The molecule has 1 heterocycles. The van der Waals surface area contributed by atoms with E-state index < -0.39 is 54.0 Å². The quantitative estimate of drug-likeness (QED) is 0.128. The number of carbonyl (C=O) groups excluding carboxylic acids is 4. The highest BCUT2D eigenvalue weighted by Gasteiger charge is 2.39. The number of aliphatic hydroxyl groups is 1. The zero-order chi connectivity index (χ0) is 38.3. The molecule has 0 radical (unpaired) electrons.